The Morgan fingerprint density at radius 3 is 2.42 bits per heavy atom. The number of aromatic nitrogens is 1. The summed E-state index contributed by atoms with van der Waals surface area (Å²) in [6, 6.07) is 12.3. The molecule has 0 spiro atoms. The van der Waals surface area contributed by atoms with Crippen LogP contribution >= 0.6 is 0 Å². The van der Waals surface area contributed by atoms with Gasteiger partial charge in [-0.1, -0.05) is 25.1 Å². The molecular weight excluding hydrogens is 421 g/mol. The molecule has 1 amide bonds. The van der Waals surface area contributed by atoms with Crippen LogP contribution in [0.3, 0.4) is 0 Å². The monoisotopic (exact) mass is 441 g/mol. The molecule has 1 heterocycles. The minimum Gasteiger partial charge on any atom is -0.457 e. The minimum absolute atomic E-state index is 0.0760. The van der Waals surface area contributed by atoms with Crippen molar-refractivity contribution in [1.82, 2.24) is 9.29 Å². The van der Waals surface area contributed by atoms with Crippen LogP contribution in [0.1, 0.15) is 23.1 Å². The molecule has 0 bridgehead atoms. The molecule has 0 unspecified atom stereocenters. The molecular formula is C22H20FN3O4S. The Bertz CT molecular complexity index is 1290. The van der Waals surface area contributed by atoms with E-state index in [0.29, 0.717) is 34.7 Å². The van der Waals surface area contributed by atoms with Gasteiger partial charge in [-0.15, -0.1) is 0 Å². The van der Waals surface area contributed by atoms with Crippen molar-refractivity contribution in [2.24, 2.45) is 7.05 Å². The molecule has 7 nitrogen and oxygen atoms in total. The third-order valence-electron chi connectivity index (χ3n) is 4.60. The van der Waals surface area contributed by atoms with Crippen molar-refractivity contribution in [2.45, 2.75) is 13.3 Å². The summed E-state index contributed by atoms with van der Waals surface area (Å²) in [6.45, 7) is 9.47. The van der Waals surface area contributed by atoms with Gasteiger partial charge in [0.1, 0.15) is 23.0 Å². The molecule has 3 aromatic rings. The molecule has 0 aliphatic rings. The fourth-order valence-corrected chi connectivity index (χ4v) is 3.79. The number of sulfonamides is 1. The molecule has 31 heavy (non-hydrogen) atoms. The zero-order valence-electron chi connectivity index (χ0n) is 17.1. The Morgan fingerprint density at radius 2 is 1.87 bits per heavy atom. The number of ether oxygens (including phenoxy) is 1. The number of hydrogen-bond acceptors (Lipinski definition) is 4. The van der Waals surface area contributed by atoms with Gasteiger partial charge in [-0.3, -0.25) is 4.79 Å². The maximum Gasteiger partial charge on any atom is 0.280 e. The average molecular weight is 441 g/mol. The van der Waals surface area contributed by atoms with E-state index in [0.717, 1.165) is 6.26 Å². The number of carbonyl (C=O) groups is 1. The van der Waals surface area contributed by atoms with Gasteiger partial charge in [-0.25, -0.2) is 22.4 Å². The van der Waals surface area contributed by atoms with Crippen LogP contribution in [-0.4, -0.2) is 25.1 Å². The molecule has 1 N–H and O–H groups in total. The lowest BCUT2D eigenvalue weighted by Crippen LogP contribution is -2.31. The maximum absolute atomic E-state index is 13.4. The van der Waals surface area contributed by atoms with E-state index in [9.17, 15) is 17.6 Å². The number of benzene rings is 2. The largest absolute Gasteiger partial charge is 0.457 e. The van der Waals surface area contributed by atoms with Crippen molar-refractivity contribution in [3.63, 3.8) is 0 Å². The number of nitrogens with zero attached hydrogens (tertiary/aromatic N) is 2. The zero-order chi connectivity index (χ0) is 22.8. The zero-order valence-corrected chi connectivity index (χ0v) is 18.0. The predicted molar refractivity (Wildman–Crippen MR) is 115 cm³/mol. The second kappa shape index (κ2) is 8.62. The normalized spacial score (nSPS) is 11.1. The van der Waals surface area contributed by atoms with Crippen LogP contribution in [0.4, 0.5) is 10.1 Å². The first-order chi connectivity index (χ1) is 14.6. The molecule has 0 aliphatic heterocycles. The second-order valence-corrected chi connectivity index (χ2v) is 8.58. The highest BCUT2D eigenvalue weighted by atomic mass is 32.2. The van der Waals surface area contributed by atoms with Gasteiger partial charge in [0.25, 0.3) is 5.91 Å². The number of hydrogen-bond donors (Lipinski definition) is 1. The summed E-state index contributed by atoms with van der Waals surface area (Å²) >= 11 is 0. The van der Waals surface area contributed by atoms with Gasteiger partial charge in [0.2, 0.25) is 15.7 Å². The van der Waals surface area contributed by atoms with Crippen molar-refractivity contribution in [2.75, 3.05) is 6.26 Å². The van der Waals surface area contributed by atoms with Crippen molar-refractivity contribution in [3.8, 4) is 22.6 Å². The summed E-state index contributed by atoms with van der Waals surface area (Å²) in [4.78, 5) is 16.3. The van der Waals surface area contributed by atoms with Crippen LogP contribution in [0.25, 0.3) is 16.0 Å². The van der Waals surface area contributed by atoms with Gasteiger partial charge >= 0.3 is 0 Å². The topological polar surface area (TPSA) is 81.8 Å². The third-order valence-corrected chi connectivity index (χ3v) is 5.16. The summed E-state index contributed by atoms with van der Waals surface area (Å²) in [6.07, 6.45) is 1.37. The molecule has 9 heteroatoms. The number of rotatable bonds is 6. The van der Waals surface area contributed by atoms with Crippen molar-refractivity contribution < 1.29 is 22.3 Å². The Hall–Kier alpha value is -3.64. The molecule has 0 atom stereocenters. The van der Waals surface area contributed by atoms with Gasteiger partial charge in [-0.05, 0) is 36.2 Å². The third kappa shape index (κ3) is 4.75. The number of nitrogens with one attached hydrogen (secondary N) is 1. The first kappa shape index (κ1) is 22.1. The lowest BCUT2D eigenvalue weighted by molar-refractivity contribution is 0.0974. The van der Waals surface area contributed by atoms with Gasteiger partial charge in [0, 0.05) is 24.4 Å². The van der Waals surface area contributed by atoms with E-state index in [4.69, 9.17) is 11.3 Å². The molecule has 0 saturated heterocycles. The highest BCUT2D eigenvalue weighted by molar-refractivity contribution is 7.89. The molecule has 0 aliphatic carbocycles. The summed E-state index contributed by atoms with van der Waals surface area (Å²) in [5.74, 6) is -0.471. The van der Waals surface area contributed by atoms with E-state index >= 15 is 0 Å². The Kier molecular flexibility index (Phi) is 6.13. The fourth-order valence-electron chi connectivity index (χ4n) is 3.36. The van der Waals surface area contributed by atoms with Crippen LogP contribution in [-0.2, 0) is 23.5 Å². The van der Waals surface area contributed by atoms with Gasteiger partial charge in [-0.2, -0.15) is 0 Å². The summed E-state index contributed by atoms with van der Waals surface area (Å²) in [7, 11) is -2.17. The molecule has 0 saturated carbocycles. The van der Waals surface area contributed by atoms with E-state index in [1.54, 1.807) is 41.9 Å². The Balaban J connectivity index is 2.07. The molecule has 2 aromatic carbocycles. The van der Waals surface area contributed by atoms with E-state index < -0.39 is 21.7 Å². The predicted octanol–water partition coefficient (Wildman–Crippen LogP) is 4.43. The lowest BCUT2D eigenvalue weighted by atomic mass is 10.0. The standard InChI is InChI=1S/C22H20FN3O4S/c1-5-18-20(24-2)19(21(26(18)3)22(27)25-31(4,28)29)14-9-11-16(12-10-14)30-17-8-6-7-15(23)13-17/h6-13H,5H2,1,3-4H3,(H,25,27). The van der Waals surface area contributed by atoms with Crippen molar-refractivity contribution >= 4 is 21.6 Å². The minimum atomic E-state index is -3.79. The van der Waals surface area contributed by atoms with Crippen LogP contribution < -0.4 is 9.46 Å². The SMILES string of the molecule is [C-]#[N+]c1c(-c2ccc(Oc3cccc(F)c3)cc2)c(C(=O)NS(C)(=O)=O)n(C)c1CC. The molecule has 3 rings (SSSR count). The first-order valence-corrected chi connectivity index (χ1v) is 11.2. The smallest absolute Gasteiger partial charge is 0.280 e. The average Bonchev–Trinajstić information content (AvgIpc) is 2.98. The van der Waals surface area contributed by atoms with E-state index in [-0.39, 0.29) is 11.4 Å². The highest BCUT2D eigenvalue weighted by Crippen LogP contribution is 2.40. The quantitative estimate of drug-likeness (QED) is 0.574. The van der Waals surface area contributed by atoms with E-state index in [2.05, 4.69) is 4.85 Å². The Morgan fingerprint density at radius 1 is 1.19 bits per heavy atom. The molecule has 1 aromatic heterocycles. The fraction of sp³-hybridized carbons (Fsp3) is 0.182. The first-order valence-electron chi connectivity index (χ1n) is 9.29. The number of halogens is 1. The summed E-state index contributed by atoms with van der Waals surface area (Å²) < 4.78 is 45.7. The van der Waals surface area contributed by atoms with Gasteiger partial charge < -0.3 is 9.30 Å². The lowest BCUT2D eigenvalue weighted by Gasteiger charge is -2.10. The number of carbonyl (C=O) groups excluding carboxylic acids is 1. The Labute approximate surface area is 180 Å². The van der Waals surface area contributed by atoms with Crippen LogP contribution in [0.5, 0.6) is 11.5 Å². The summed E-state index contributed by atoms with van der Waals surface area (Å²) in [5, 5.41) is 0. The maximum atomic E-state index is 13.4. The van der Waals surface area contributed by atoms with Gasteiger partial charge in [0.15, 0.2) is 0 Å². The van der Waals surface area contributed by atoms with Crippen LogP contribution in [0.2, 0.25) is 0 Å². The summed E-state index contributed by atoms with van der Waals surface area (Å²) in [5.41, 5.74) is 1.86. The van der Waals surface area contributed by atoms with Crippen LogP contribution in [0.15, 0.2) is 48.5 Å². The molecule has 160 valence electrons. The van der Waals surface area contributed by atoms with Crippen LogP contribution in [0, 0.1) is 12.4 Å². The second-order valence-electron chi connectivity index (χ2n) is 6.83. The van der Waals surface area contributed by atoms with Crippen molar-refractivity contribution in [3.05, 3.63) is 77.2 Å². The van der Waals surface area contributed by atoms with E-state index in [1.807, 2.05) is 11.6 Å². The highest BCUT2D eigenvalue weighted by Gasteiger charge is 2.27. The van der Waals surface area contributed by atoms with E-state index in [1.165, 1.54) is 18.2 Å². The molecule has 0 radical (unpaired) electrons. The van der Waals surface area contributed by atoms with Crippen molar-refractivity contribution in [1.29, 1.82) is 0 Å². The molecule has 0 fully saturated rings. The van der Waals surface area contributed by atoms with Gasteiger partial charge in [0.05, 0.1) is 12.8 Å². The number of amides is 1.